The maximum atomic E-state index is 6.30. The molecule has 0 saturated carbocycles. The van der Waals surface area contributed by atoms with E-state index < -0.39 is 0 Å². The zero-order chi connectivity index (χ0) is 22.4. The average molecular weight is 479 g/mol. The second kappa shape index (κ2) is 5.81. The third-order valence-corrected chi connectivity index (χ3v) is 10.3. The molecule has 35 heavy (non-hydrogen) atoms. The lowest BCUT2D eigenvalue weighted by Crippen LogP contribution is -2.61. The fourth-order valence-corrected chi connectivity index (χ4v) is 9.16. The summed E-state index contributed by atoms with van der Waals surface area (Å²) in [6, 6.07) is 31.3. The van der Waals surface area contributed by atoms with E-state index in [-0.39, 0.29) is 0 Å². The highest BCUT2D eigenvalue weighted by Gasteiger charge is 2.44. The lowest BCUT2D eigenvalue weighted by molar-refractivity contribution is 0.669. The minimum Gasteiger partial charge on any atom is -0.456 e. The highest BCUT2D eigenvalue weighted by Crippen LogP contribution is 2.45. The standard InChI is InChI=1S/C30H14BNOS2/c1-2-7-21-15(5-1)18-13-20-17(14-22(18)33-21)16-11-12-26-29-30(16)32(20)19-6-3-8-23-27(19)31(29)28-24(34-23)9-4-10-25(28)35-26/h1-14H. The lowest BCUT2D eigenvalue weighted by atomic mass is 9.35. The molecule has 5 heterocycles. The van der Waals surface area contributed by atoms with Gasteiger partial charge in [-0.25, -0.2) is 0 Å². The third kappa shape index (κ3) is 1.95. The van der Waals surface area contributed by atoms with Crippen molar-refractivity contribution in [3.05, 3.63) is 84.9 Å². The van der Waals surface area contributed by atoms with Crippen LogP contribution in [0.15, 0.2) is 109 Å². The van der Waals surface area contributed by atoms with E-state index >= 15 is 0 Å². The van der Waals surface area contributed by atoms with Gasteiger partial charge in [-0.1, -0.05) is 59.9 Å². The number of para-hydroxylation sites is 1. The van der Waals surface area contributed by atoms with E-state index in [0.717, 1.165) is 11.2 Å². The van der Waals surface area contributed by atoms with Gasteiger partial charge in [-0.3, -0.25) is 0 Å². The molecule has 0 bridgehead atoms. The van der Waals surface area contributed by atoms with E-state index in [1.807, 2.05) is 29.6 Å². The largest absolute Gasteiger partial charge is 0.456 e. The van der Waals surface area contributed by atoms with E-state index in [0.29, 0.717) is 6.71 Å². The topological polar surface area (TPSA) is 18.1 Å². The molecule has 10 rings (SSSR count). The molecule has 2 nitrogen and oxygen atoms in total. The van der Waals surface area contributed by atoms with Crippen molar-refractivity contribution in [1.82, 2.24) is 4.57 Å². The quantitative estimate of drug-likeness (QED) is 0.233. The first-order valence-corrected chi connectivity index (χ1v) is 13.5. The summed E-state index contributed by atoms with van der Waals surface area (Å²) in [6.07, 6.45) is 0. The SMILES string of the molecule is c1cc2c3c(c1)Sc1ccc4c5cc6oc7ccccc7c6cc5n5c4c1B3c1c(cccc1-5)S2. The minimum atomic E-state index is 0.300. The zero-order valence-electron chi connectivity index (χ0n) is 18.3. The fourth-order valence-electron chi connectivity index (χ4n) is 6.71. The van der Waals surface area contributed by atoms with Crippen molar-refractivity contribution < 1.29 is 4.42 Å². The van der Waals surface area contributed by atoms with Gasteiger partial charge in [0.2, 0.25) is 0 Å². The van der Waals surface area contributed by atoms with Gasteiger partial charge in [0, 0.05) is 46.8 Å². The lowest BCUT2D eigenvalue weighted by Gasteiger charge is -2.37. The zero-order valence-corrected chi connectivity index (χ0v) is 20.0. The average Bonchev–Trinajstić information content (AvgIpc) is 3.42. The van der Waals surface area contributed by atoms with Gasteiger partial charge in [0.15, 0.2) is 0 Å². The van der Waals surface area contributed by atoms with E-state index in [9.17, 15) is 0 Å². The summed E-state index contributed by atoms with van der Waals surface area (Å²) in [4.78, 5) is 5.58. The van der Waals surface area contributed by atoms with Gasteiger partial charge in [0.1, 0.15) is 11.2 Å². The van der Waals surface area contributed by atoms with Crippen molar-refractivity contribution in [1.29, 1.82) is 0 Å². The Morgan fingerprint density at radius 2 is 1.34 bits per heavy atom. The molecule has 160 valence electrons. The number of hydrogen-bond donors (Lipinski definition) is 0. The van der Waals surface area contributed by atoms with E-state index in [4.69, 9.17) is 4.42 Å². The van der Waals surface area contributed by atoms with Gasteiger partial charge in [-0.15, -0.1) is 0 Å². The number of aromatic nitrogens is 1. The van der Waals surface area contributed by atoms with Gasteiger partial charge >= 0.3 is 0 Å². The van der Waals surface area contributed by atoms with Crippen molar-refractivity contribution in [2.24, 2.45) is 0 Å². The summed E-state index contributed by atoms with van der Waals surface area (Å²) in [6.45, 7) is 0.300. The third-order valence-electron chi connectivity index (χ3n) is 8.04. The Bertz CT molecular complexity index is 2120. The van der Waals surface area contributed by atoms with Crippen molar-refractivity contribution in [2.45, 2.75) is 19.6 Å². The molecular weight excluding hydrogens is 465 g/mol. The second-order valence-corrected chi connectivity index (χ2v) is 11.8. The first-order chi connectivity index (χ1) is 17.3. The molecule has 0 atom stereocenters. The Morgan fingerprint density at radius 3 is 2.23 bits per heavy atom. The summed E-state index contributed by atoms with van der Waals surface area (Å²) in [5.41, 5.74) is 10.3. The van der Waals surface area contributed by atoms with Crippen LogP contribution in [0.2, 0.25) is 0 Å². The molecule has 0 saturated heterocycles. The summed E-state index contributed by atoms with van der Waals surface area (Å²) in [5.74, 6) is 0. The van der Waals surface area contributed by atoms with Crippen molar-refractivity contribution in [2.75, 3.05) is 0 Å². The predicted molar refractivity (Wildman–Crippen MR) is 147 cm³/mol. The first kappa shape index (κ1) is 17.8. The van der Waals surface area contributed by atoms with Crippen LogP contribution in [0.4, 0.5) is 0 Å². The minimum absolute atomic E-state index is 0.300. The Kier molecular flexibility index (Phi) is 2.96. The summed E-state index contributed by atoms with van der Waals surface area (Å²) in [5, 5.41) is 4.95. The Morgan fingerprint density at radius 1 is 0.571 bits per heavy atom. The Balaban J connectivity index is 1.46. The number of hydrogen-bond acceptors (Lipinski definition) is 3. The number of furan rings is 1. The smallest absolute Gasteiger partial charge is 0.252 e. The van der Waals surface area contributed by atoms with Gasteiger partial charge in [0.25, 0.3) is 6.71 Å². The summed E-state index contributed by atoms with van der Waals surface area (Å²) in [7, 11) is 0. The molecular formula is C30H14BNOS2. The van der Waals surface area contributed by atoms with Crippen LogP contribution in [0.5, 0.6) is 0 Å². The van der Waals surface area contributed by atoms with Crippen molar-refractivity contribution >= 4 is 90.4 Å². The molecule has 0 fully saturated rings. The van der Waals surface area contributed by atoms with E-state index in [1.165, 1.54) is 74.2 Å². The summed E-state index contributed by atoms with van der Waals surface area (Å²) < 4.78 is 8.84. The number of nitrogens with zero attached hydrogens (tertiary/aromatic N) is 1. The predicted octanol–water partition coefficient (Wildman–Crippen LogP) is 6.44. The fraction of sp³-hybridized carbons (Fsp3) is 0. The van der Waals surface area contributed by atoms with Crippen LogP contribution >= 0.6 is 23.5 Å². The van der Waals surface area contributed by atoms with Crippen LogP contribution in [-0.4, -0.2) is 11.3 Å². The molecule has 7 aromatic rings. The Labute approximate surface area is 209 Å². The van der Waals surface area contributed by atoms with Crippen LogP contribution in [0.1, 0.15) is 0 Å². The number of rotatable bonds is 0. The molecule has 3 aliphatic heterocycles. The summed E-state index contributed by atoms with van der Waals surface area (Å²) >= 11 is 3.86. The molecule has 0 unspecified atom stereocenters. The van der Waals surface area contributed by atoms with Crippen LogP contribution in [0.25, 0.3) is 49.4 Å². The molecule has 0 amide bonds. The molecule has 2 aromatic heterocycles. The second-order valence-electron chi connectivity index (χ2n) is 9.67. The molecule has 5 heteroatoms. The highest BCUT2D eigenvalue weighted by atomic mass is 32.2. The van der Waals surface area contributed by atoms with Gasteiger partial charge < -0.3 is 8.98 Å². The molecule has 0 N–H and O–H groups in total. The van der Waals surface area contributed by atoms with Crippen LogP contribution in [0, 0.1) is 0 Å². The van der Waals surface area contributed by atoms with Gasteiger partial charge in [0.05, 0.1) is 11.0 Å². The monoisotopic (exact) mass is 479 g/mol. The molecule has 0 aliphatic carbocycles. The van der Waals surface area contributed by atoms with E-state index in [2.05, 4.69) is 83.4 Å². The normalized spacial score (nSPS) is 14.6. The Hall–Kier alpha value is -3.54. The van der Waals surface area contributed by atoms with Crippen molar-refractivity contribution in [3.8, 4) is 5.69 Å². The van der Waals surface area contributed by atoms with Crippen LogP contribution in [-0.2, 0) is 0 Å². The first-order valence-electron chi connectivity index (χ1n) is 11.9. The molecule has 0 spiro atoms. The number of fused-ring (bicyclic) bond motifs is 7. The maximum Gasteiger partial charge on any atom is 0.252 e. The van der Waals surface area contributed by atoms with Crippen LogP contribution < -0.4 is 16.4 Å². The van der Waals surface area contributed by atoms with Gasteiger partial charge in [-0.05, 0) is 64.9 Å². The van der Waals surface area contributed by atoms with Crippen LogP contribution in [0.3, 0.4) is 0 Å². The molecule has 3 aliphatic rings. The van der Waals surface area contributed by atoms with Crippen molar-refractivity contribution in [3.63, 3.8) is 0 Å². The molecule has 0 radical (unpaired) electrons. The number of benzene rings is 5. The molecule has 5 aromatic carbocycles. The maximum absolute atomic E-state index is 6.30. The van der Waals surface area contributed by atoms with E-state index in [1.54, 1.807) is 0 Å². The van der Waals surface area contributed by atoms with Gasteiger partial charge in [-0.2, -0.15) is 0 Å². The highest BCUT2D eigenvalue weighted by molar-refractivity contribution is 8.01.